The molecular weight excluding hydrogens is 369 g/mol. The number of amides is 1. The molecule has 0 aliphatic carbocycles. The van der Waals surface area contributed by atoms with Gasteiger partial charge >= 0.3 is 6.18 Å². The number of rotatable bonds is 4. The lowest BCUT2D eigenvalue weighted by atomic mass is 10.1. The zero-order chi connectivity index (χ0) is 18.7. The Balaban J connectivity index is 1.66. The van der Waals surface area contributed by atoms with Gasteiger partial charge in [0.05, 0.1) is 17.1 Å². The molecule has 0 atom stereocenters. The van der Waals surface area contributed by atoms with Crippen LogP contribution < -0.4 is 5.32 Å². The lowest BCUT2D eigenvalue weighted by Crippen LogP contribution is -2.21. The SMILES string of the molecule is O=C(/C=C/c1ccc(Cl)c(C(F)(F)F)c1)NCc1nnc2ccccn12. The Morgan fingerprint density at radius 1 is 1.23 bits per heavy atom. The second-order valence-corrected chi connectivity index (χ2v) is 5.74. The molecule has 3 aromatic rings. The van der Waals surface area contributed by atoms with E-state index < -0.39 is 22.7 Å². The van der Waals surface area contributed by atoms with Crippen molar-refractivity contribution >= 4 is 29.2 Å². The van der Waals surface area contributed by atoms with Gasteiger partial charge in [0.15, 0.2) is 11.5 Å². The summed E-state index contributed by atoms with van der Waals surface area (Å²) in [5.41, 5.74) is -0.0883. The second-order valence-electron chi connectivity index (χ2n) is 5.33. The normalized spacial score (nSPS) is 12.0. The van der Waals surface area contributed by atoms with Gasteiger partial charge in [-0.2, -0.15) is 13.2 Å². The summed E-state index contributed by atoms with van der Waals surface area (Å²) < 4.78 is 40.2. The topological polar surface area (TPSA) is 59.3 Å². The van der Waals surface area contributed by atoms with Gasteiger partial charge in [0.25, 0.3) is 0 Å². The molecule has 0 bridgehead atoms. The fourth-order valence-electron chi connectivity index (χ4n) is 2.27. The van der Waals surface area contributed by atoms with Crippen molar-refractivity contribution in [2.24, 2.45) is 0 Å². The Labute approximate surface area is 151 Å². The number of carbonyl (C=O) groups excluding carboxylic acids is 1. The van der Waals surface area contributed by atoms with Crippen molar-refractivity contribution in [2.75, 3.05) is 0 Å². The highest BCUT2D eigenvalue weighted by molar-refractivity contribution is 6.31. The summed E-state index contributed by atoms with van der Waals surface area (Å²) in [7, 11) is 0. The van der Waals surface area contributed by atoms with Crippen molar-refractivity contribution in [2.45, 2.75) is 12.7 Å². The first kappa shape index (κ1) is 17.9. The monoisotopic (exact) mass is 380 g/mol. The van der Waals surface area contributed by atoms with Crippen LogP contribution in [0.3, 0.4) is 0 Å². The van der Waals surface area contributed by atoms with E-state index in [1.807, 2.05) is 6.07 Å². The van der Waals surface area contributed by atoms with Crippen LogP contribution >= 0.6 is 11.6 Å². The van der Waals surface area contributed by atoms with Crippen molar-refractivity contribution in [1.29, 1.82) is 0 Å². The minimum absolute atomic E-state index is 0.128. The summed E-state index contributed by atoms with van der Waals surface area (Å²) in [5, 5.41) is 10.1. The molecule has 134 valence electrons. The van der Waals surface area contributed by atoms with E-state index in [1.54, 1.807) is 22.7 Å². The fourth-order valence-corrected chi connectivity index (χ4v) is 2.50. The third-order valence-corrected chi connectivity index (χ3v) is 3.86. The number of nitrogens with one attached hydrogen (secondary N) is 1. The van der Waals surface area contributed by atoms with Crippen molar-refractivity contribution in [1.82, 2.24) is 19.9 Å². The summed E-state index contributed by atoms with van der Waals surface area (Å²) >= 11 is 5.56. The molecule has 5 nitrogen and oxygen atoms in total. The van der Waals surface area contributed by atoms with Gasteiger partial charge in [0, 0.05) is 12.3 Å². The Hall–Kier alpha value is -2.87. The zero-order valence-electron chi connectivity index (χ0n) is 13.2. The summed E-state index contributed by atoms with van der Waals surface area (Å²) in [4.78, 5) is 11.9. The highest BCUT2D eigenvalue weighted by atomic mass is 35.5. The summed E-state index contributed by atoms with van der Waals surface area (Å²) in [6.07, 6.45) is -0.369. The maximum atomic E-state index is 12.8. The fraction of sp³-hybridized carbons (Fsp3) is 0.118. The molecule has 0 radical (unpaired) electrons. The predicted molar refractivity (Wildman–Crippen MR) is 90.3 cm³/mol. The van der Waals surface area contributed by atoms with Crippen LogP contribution in [-0.2, 0) is 17.5 Å². The first-order valence-electron chi connectivity index (χ1n) is 7.46. The smallest absolute Gasteiger partial charge is 0.345 e. The van der Waals surface area contributed by atoms with Gasteiger partial charge in [-0.3, -0.25) is 9.20 Å². The number of carbonyl (C=O) groups is 1. The number of hydrogen-bond donors (Lipinski definition) is 1. The van der Waals surface area contributed by atoms with E-state index in [0.717, 1.165) is 18.2 Å². The second kappa shape index (κ2) is 7.17. The molecule has 0 aliphatic heterocycles. The van der Waals surface area contributed by atoms with Crippen LogP contribution in [0.2, 0.25) is 5.02 Å². The van der Waals surface area contributed by atoms with E-state index in [9.17, 15) is 18.0 Å². The van der Waals surface area contributed by atoms with Crippen LogP contribution in [0.25, 0.3) is 11.7 Å². The van der Waals surface area contributed by atoms with Gasteiger partial charge in [-0.1, -0.05) is 23.7 Å². The average molecular weight is 381 g/mol. The quantitative estimate of drug-likeness (QED) is 0.702. The van der Waals surface area contributed by atoms with Crippen molar-refractivity contribution in [3.63, 3.8) is 0 Å². The van der Waals surface area contributed by atoms with Crippen LogP contribution in [0.1, 0.15) is 17.0 Å². The highest BCUT2D eigenvalue weighted by Gasteiger charge is 2.33. The number of halogens is 4. The summed E-state index contributed by atoms with van der Waals surface area (Å²) in [6, 6.07) is 8.82. The minimum Gasteiger partial charge on any atom is -0.345 e. The van der Waals surface area contributed by atoms with Gasteiger partial charge < -0.3 is 5.32 Å². The van der Waals surface area contributed by atoms with Gasteiger partial charge in [0.1, 0.15) is 0 Å². The van der Waals surface area contributed by atoms with Crippen LogP contribution in [0.4, 0.5) is 13.2 Å². The van der Waals surface area contributed by atoms with Gasteiger partial charge in [-0.05, 0) is 35.9 Å². The molecular formula is C17H12ClF3N4O. The van der Waals surface area contributed by atoms with Crippen LogP contribution in [0.15, 0.2) is 48.7 Å². The summed E-state index contributed by atoms with van der Waals surface area (Å²) in [6.45, 7) is 0.128. The van der Waals surface area contributed by atoms with Crippen molar-refractivity contribution in [3.05, 3.63) is 70.6 Å². The minimum atomic E-state index is -4.56. The number of fused-ring (bicyclic) bond motifs is 1. The molecule has 0 aliphatic rings. The highest BCUT2D eigenvalue weighted by Crippen LogP contribution is 2.35. The third kappa shape index (κ3) is 4.02. The standard InChI is InChI=1S/C17H12ClF3N4O/c18-13-6-4-11(9-12(13)17(19,20)21)5-7-16(26)22-10-15-24-23-14-3-1-2-8-25(14)15/h1-9H,10H2,(H,22,26)/b7-5+. The predicted octanol–water partition coefficient (Wildman–Crippen LogP) is 3.73. The zero-order valence-corrected chi connectivity index (χ0v) is 13.9. The van der Waals surface area contributed by atoms with Gasteiger partial charge in [-0.15, -0.1) is 10.2 Å². The molecule has 26 heavy (non-hydrogen) atoms. The lowest BCUT2D eigenvalue weighted by molar-refractivity contribution is -0.137. The van der Waals surface area contributed by atoms with Gasteiger partial charge in [0.2, 0.25) is 5.91 Å². The van der Waals surface area contributed by atoms with Crippen LogP contribution in [0.5, 0.6) is 0 Å². The molecule has 1 N–H and O–H groups in total. The van der Waals surface area contributed by atoms with E-state index in [-0.39, 0.29) is 12.1 Å². The molecule has 0 spiro atoms. The van der Waals surface area contributed by atoms with E-state index in [1.165, 1.54) is 12.1 Å². The first-order valence-corrected chi connectivity index (χ1v) is 7.84. The molecule has 2 heterocycles. The molecule has 0 unspecified atom stereocenters. The molecule has 0 saturated carbocycles. The average Bonchev–Trinajstić information content (AvgIpc) is 3.01. The van der Waals surface area contributed by atoms with Gasteiger partial charge in [-0.25, -0.2) is 0 Å². The number of pyridine rings is 1. The molecule has 0 saturated heterocycles. The summed E-state index contributed by atoms with van der Waals surface area (Å²) in [5.74, 6) is 0.0643. The van der Waals surface area contributed by atoms with Crippen LogP contribution in [-0.4, -0.2) is 20.5 Å². The van der Waals surface area contributed by atoms with Crippen LogP contribution in [0, 0.1) is 0 Å². The maximum absolute atomic E-state index is 12.8. The third-order valence-electron chi connectivity index (χ3n) is 3.53. The molecule has 3 rings (SSSR count). The number of alkyl halides is 3. The van der Waals surface area contributed by atoms with E-state index in [2.05, 4.69) is 15.5 Å². The van der Waals surface area contributed by atoms with Crippen molar-refractivity contribution < 1.29 is 18.0 Å². The Bertz CT molecular complexity index is 982. The Morgan fingerprint density at radius 3 is 2.81 bits per heavy atom. The number of aromatic nitrogens is 3. The number of hydrogen-bond acceptors (Lipinski definition) is 3. The maximum Gasteiger partial charge on any atom is 0.417 e. The lowest BCUT2D eigenvalue weighted by Gasteiger charge is -2.09. The molecule has 1 amide bonds. The van der Waals surface area contributed by atoms with E-state index >= 15 is 0 Å². The number of benzene rings is 1. The largest absolute Gasteiger partial charge is 0.417 e. The molecule has 1 aromatic carbocycles. The molecule has 0 fully saturated rings. The Morgan fingerprint density at radius 2 is 2.04 bits per heavy atom. The first-order chi connectivity index (χ1) is 12.3. The Kier molecular flexibility index (Phi) is 4.94. The van der Waals surface area contributed by atoms with Crippen molar-refractivity contribution in [3.8, 4) is 0 Å². The van der Waals surface area contributed by atoms with E-state index in [4.69, 9.17) is 11.6 Å². The molecule has 9 heteroatoms. The van der Waals surface area contributed by atoms with E-state index in [0.29, 0.717) is 11.5 Å². The number of nitrogens with zero attached hydrogens (tertiary/aromatic N) is 3. The molecule has 2 aromatic heterocycles.